The molecule has 0 aliphatic heterocycles. The van der Waals surface area contributed by atoms with E-state index in [9.17, 15) is 0 Å². The minimum atomic E-state index is -1.64. The van der Waals surface area contributed by atoms with Gasteiger partial charge in [-0.15, -0.1) is 0 Å². The molecule has 0 amide bonds. The molecule has 0 saturated heterocycles. The Morgan fingerprint density at radius 2 is 0.568 bits per heavy atom. The SMILES string of the molecule is CC(C)=Cc1cc(C(C)(C)C)ccc1OP(Oc1ccc(C(C)(C)C)cc1C=C(C)C)c1ccc(-c2ccc(P(Oc3ccc(C(C)(C)C)cc3C(C)(C)C)Oc3ccc(C(C)(C)C)cc3C(C)(C)C)cc2)cc1. The second kappa shape index (κ2) is 22.2. The zero-order valence-corrected chi connectivity index (χ0v) is 51.0. The Bertz CT molecular complexity index is 2800. The van der Waals surface area contributed by atoms with Crippen molar-refractivity contribution in [2.75, 3.05) is 0 Å². The highest BCUT2D eigenvalue weighted by Crippen LogP contribution is 2.49. The van der Waals surface area contributed by atoms with Gasteiger partial charge in [0.15, 0.2) is 0 Å². The summed E-state index contributed by atoms with van der Waals surface area (Å²) in [6.07, 6.45) is 4.41. The summed E-state index contributed by atoms with van der Waals surface area (Å²) in [4.78, 5) is 0. The summed E-state index contributed by atoms with van der Waals surface area (Å²) < 4.78 is 28.6. The van der Waals surface area contributed by atoms with Crippen LogP contribution in [-0.2, 0) is 32.5 Å². The third-order valence-electron chi connectivity index (χ3n) is 13.2. The van der Waals surface area contributed by atoms with Crippen molar-refractivity contribution < 1.29 is 18.1 Å². The fourth-order valence-corrected chi connectivity index (χ4v) is 11.2. The molecule has 74 heavy (non-hydrogen) atoms. The molecule has 0 bridgehead atoms. The number of benzene rings is 6. The van der Waals surface area contributed by atoms with E-state index < -0.39 is 16.8 Å². The van der Waals surface area contributed by atoms with E-state index in [0.29, 0.717) is 0 Å². The maximum Gasteiger partial charge on any atom is 0.326 e. The summed E-state index contributed by atoms with van der Waals surface area (Å²) >= 11 is 0. The number of rotatable bonds is 13. The summed E-state index contributed by atoms with van der Waals surface area (Å²) in [6, 6.07) is 43.9. The lowest BCUT2D eigenvalue weighted by Gasteiger charge is -2.30. The Labute approximate surface area is 451 Å². The molecule has 0 fully saturated rings. The van der Waals surface area contributed by atoms with E-state index in [1.807, 2.05) is 0 Å². The first kappa shape index (κ1) is 58.1. The highest BCUT2D eigenvalue weighted by molar-refractivity contribution is 7.57. The molecule has 6 rings (SSSR count). The van der Waals surface area contributed by atoms with Gasteiger partial charge in [0.2, 0.25) is 0 Å². The smallest absolute Gasteiger partial charge is 0.326 e. The molecule has 6 heteroatoms. The highest BCUT2D eigenvalue weighted by atomic mass is 31.2. The van der Waals surface area contributed by atoms with Crippen LogP contribution in [0.15, 0.2) is 132 Å². The molecule has 0 atom stereocenters. The van der Waals surface area contributed by atoms with Crippen LogP contribution in [0.4, 0.5) is 0 Å². The van der Waals surface area contributed by atoms with Crippen LogP contribution in [0.1, 0.15) is 197 Å². The average molecular weight is 1030 g/mol. The second-order valence-electron chi connectivity index (χ2n) is 26.8. The van der Waals surface area contributed by atoms with Crippen LogP contribution in [0.5, 0.6) is 23.0 Å². The number of hydrogen-bond acceptors (Lipinski definition) is 4. The topological polar surface area (TPSA) is 36.9 Å². The maximum atomic E-state index is 7.19. The normalized spacial score (nSPS) is 12.7. The molecular formula is C68H88O4P2. The molecule has 0 heterocycles. The fourth-order valence-electron chi connectivity index (χ4n) is 8.52. The molecule has 0 aliphatic rings. The van der Waals surface area contributed by atoms with Crippen LogP contribution in [0.2, 0.25) is 0 Å². The number of allylic oxidation sites excluding steroid dienone is 2. The summed E-state index contributed by atoms with van der Waals surface area (Å²) in [7, 11) is -3.27. The van der Waals surface area contributed by atoms with Crippen molar-refractivity contribution in [2.24, 2.45) is 0 Å². The van der Waals surface area contributed by atoms with E-state index in [-0.39, 0.29) is 32.5 Å². The van der Waals surface area contributed by atoms with Crippen LogP contribution in [0.25, 0.3) is 23.3 Å². The van der Waals surface area contributed by atoms with Crippen LogP contribution < -0.4 is 28.7 Å². The van der Waals surface area contributed by atoms with Gasteiger partial charge in [-0.25, -0.2) is 0 Å². The van der Waals surface area contributed by atoms with Crippen LogP contribution in [0, 0.1) is 0 Å². The molecular weight excluding hydrogens is 943 g/mol. The third-order valence-corrected chi connectivity index (χ3v) is 16.1. The van der Waals surface area contributed by atoms with Crippen molar-refractivity contribution in [3.8, 4) is 34.1 Å². The Morgan fingerprint density at radius 1 is 0.311 bits per heavy atom. The number of hydrogen-bond donors (Lipinski definition) is 0. The Hall–Kier alpha value is -5.14. The fraction of sp³-hybridized carbons (Fsp3) is 0.412. The van der Waals surface area contributed by atoms with Crippen molar-refractivity contribution in [1.29, 1.82) is 0 Å². The Morgan fingerprint density at radius 3 is 0.824 bits per heavy atom. The van der Waals surface area contributed by atoms with Gasteiger partial charge in [-0.1, -0.05) is 209 Å². The van der Waals surface area contributed by atoms with Crippen molar-refractivity contribution >= 4 is 39.5 Å². The van der Waals surface area contributed by atoms with Gasteiger partial charge in [0.25, 0.3) is 0 Å². The van der Waals surface area contributed by atoms with E-state index in [1.165, 1.54) is 33.4 Å². The second-order valence-corrected chi connectivity index (χ2v) is 29.6. The van der Waals surface area contributed by atoms with Gasteiger partial charge in [-0.2, -0.15) is 0 Å². The van der Waals surface area contributed by atoms with E-state index >= 15 is 0 Å². The minimum absolute atomic E-state index is 0.00709. The lowest BCUT2D eigenvalue weighted by Crippen LogP contribution is -2.20. The van der Waals surface area contributed by atoms with Gasteiger partial charge in [-0.3, -0.25) is 0 Å². The molecule has 0 aromatic heterocycles. The minimum Gasteiger partial charge on any atom is -0.435 e. The zero-order valence-electron chi connectivity index (χ0n) is 49.2. The van der Waals surface area contributed by atoms with Crippen LogP contribution in [0.3, 0.4) is 0 Å². The quantitative estimate of drug-likeness (QED) is 0.108. The summed E-state index contributed by atoms with van der Waals surface area (Å²) in [5, 5.41) is 1.95. The monoisotopic (exact) mass is 1030 g/mol. The molecule has 6 aromatic carbocycles. The Kier molecular flexibility index (Phi) is 17.4. The molecule has 0 spiro atoms. The van der Waals surface area contributed by atoms with Crippen LogP contribution in [-0.4, -0.2) is 0 Å². The maximum absolute atomic E-state index is 7.19. The van der Waals surface area contributed by atoms with E-state index in [2.05, 4.69) is 286 Å². The highest BCUT2D eigenvalue weighted by Gasteiger charge is 2.31. The summed E-state index contributed by atoms with van der Waals surface area (Å²) in [5.41, 5.74) is 13.7. The molecule has 0 unspecified atom stereocenters. The Balaban J connectivity index is 1.42. The van der Waals surface area contributed by atoms with Crippen molar-refractivity contribution in [3.05, 3.63) is 177 Å². The summed E-state index contributed by atoms with van der Waals surface area (Å²) in [5.74, 6) is 3.27. The summed E-state index contributed by atoms with van der Waals surface area (Å²) in [6.45, 7) is 49.1. The van der Waals surface area contributed by atoms with Crippen molar-refractivity contribution in [2.45, 2.75) is 185 Å². The first-order chi connectivity index (χ1) is 34.1. The lowest BCUT2D eigenvalue weighted by molar-refractivity contribution is 0.466. The predicted molar refractivity (Wildman–Crippen MR) is 324 cm³/mol. The van der Waals surface area contributed by atoms with Gasteiger partial charge in [0.05, 0.1) is 10.6 Å². The van der Waals surface area contributed by atoms with Gasteiger partial charge < -0.3 is 18.1 Å². The van der Waals surface area contributed by atoms with Crippen molar-refractivity contribution in [1.82, 2.24) is 0 Å². The largest absolute Gasteiger partial charge is 0.435 e. The first-order valence-electron chi connectivity index (χ1n) is 26.5. The molecule has 0 N–H and O–H groups in total. The molecule has 4 nitrogen and oxygen atoms in total. The average Bonchev–Trinajstić information content (AvgIpc) is 3.27. The lowest BCUT2D eigenvalue weighted by atomic mass is 9.80. The zero-order chi connectivity index (χ0) is 54.9. The predicted octanol–water partition coefficient (Wildman–Crippen LogP) is 20.2. The van der Waals surface area contributed by atoms with Crippen molar-refractivity contribution in [3.63, 3.8) is 0 Å². The third kappa shape index (κ3) is 15.0. The van der Waals surface area contributed by atoms with Gasteiger partial charge in [0, 0.05) is 22.3 Å². The van der Waals surface area contributed by atoms with E-state index in [0.717, 1.165) is 67.0 Å². The van der Waals surface area contributed by atoms with E-state index in [1.54, 1.807) is 0 Å². The molecule has 394 valence electrons. The standard InChI is InChI=1S/C68H88O4P2/c1-45(2)39-49-41-51(63(5,6)7)27-35-59(49)69-73(70-60-36-28-52(64(8,9)10)42-50(60)40-46(3)4)55-31-23-47(24-32-55)48-25-33-56(34-26-48)74(71-61-37-29-53(65(11,12)13)43-57(61)67(17,18)19)72-62-38-30-54(66(14,15)16)44-58(62)68(20,21)22/h23-44H,1-22H3. The molecule has 6 aromatic rings. The molecule has 0 saturated carbocycles. The van der Waals surface area contributed by atoms with Gasteiger partial charge in [-0.05, 0) is 154 Å². The van der Waals surface area contributed by atoms with Gasteiger partial charge >= 0.3 is 16.8 Å². The molecule has 0 aliphatic carbocycles. The first-order valence-corrected chi connectivity index (χ1v) is 28.8. The van der Waals surface area contributed by atoms with Gasteiger partial charge in [0.1, 0.15) is 23.0 Å². The molecule has 0 radical (unpaired) electrons. The van der Waals surface area contributed by atoms with E-state index in [4.69, 9.17) is 18.1 Å². The van der Waals surface area contributed by atoms with Crippen LogP contribution >= 0.6 is 16.8 Å².